The van der Waals surface area contributed by atoms with Gasteiger partial charge in [0.05, 0.1) is 11.7 Å². The van der Waals surface area contributed by atoms with Crippen LogP contribution < -0.4 is 10.8 Å². The van der Waals surface area contributed by atoms with Crippen LogP contribution in [0, 0.1) is 0 Å². The van der Waals surface area contributed by atoms with E-state index in [-0.39, 0.29) is 5.69 Å². The topological polar surface area (TPSA) is 79.0 Å². The average molecular weight is 213 g/mol. The fraction of sp³-hybridized carbons (Fsp3) is 0. The van der Waals surface area contributed by atoms with Crippen LogP contribution in [0.3, 0.4) is 0 Å². The second-order valence-corrected chi connectivity index (χ2v) is 3.31. The second-order valence-electron chi connectivity index (χ2n) is 3.31. The van der Waals surface area contributed by atoms with E-state index >= 15 is 0 Å². The number of carboxylic acid groups (broad SMARTS) is 1. The zero-order valence-corrected chi connectivity index (χ0v) is 8.38. The predicted octanol–water partition coefficient (Wildman–Crippen LogP) is 0.694. The Morgan fingerprint density at radius 3 is 2.50 bits per heavy atom. The Labute approximate surface area is 92.4 Å². The second kappa shape index (κ2) is 4.02. The molecule has 0 radical (unpaired) electrons. The van der Waals surface area contributed by atoms with Gasteiger partial charge in [0.25, 0.3) is 0 Å². The number of carbonyl (C=O) groups is 1. The van der Waals surface area contributed by atoms with Gasteiger partial charge in [-0.25, -0.2) is 0 Å². The van der Waals surface area contributed by atoms with E-state index in [1.54, 1.807) is 36.4 Å². The first-order chi connectivity index (χ1) is 7.68. The third-order valence-corrected chi connectivity index (χ3v) is 2.22. The summed E-state index contributed by atoms with van der Waals surface area (Å²) in [6.07, 6.45) is 1.42. The van der Waals surface area contributed by atoms with E-state index in [4.69, 9.17) is 5.73 Å². The number of carboxylic acids is 1. The number of nitrogens with zero attached hydrogens (tertiary/aromatic N) is 1. The standard InChI is InChI=1S/C12H10N2O2/c13-9-5-3-8(4-6-9)10-2-1-7-14-11(10)12(15)16/h1-7H,13H2,(H,15,16)/p-1. The Kier molecular flexibility index (Phi) is 2.55. The van der Waals surface area contributed by atoms with Crippen LogP contribution in [0.4, 0.5) is 5.69 Å². The molecule has 1 aromatic heterocycles. The molecule has 0 aliphatic carbocycles. The number of aromatic carboxylic acids is 1. The summed E-state index contributed by atoms with van der Waals surface area (Å²) >= 11 is 0. The number of aromatic nitrogens is 1. The SMILES string of the molecule is Nc1ccc(-c2cccnc2C(=O)[O-])cc1. The summed E-state index contributed by atoms with van der Waals surface area (Å²) in [5.41, 5.74) is 7.40. The summed E-state index contributed by atoms with van der Waals surface area (Å²) < 4.78 is 0. The van der Waals surface area contributed by atoms with E-state index in [0.29, 0.717) is 11.3 Å². The highest BCUT2D eigenvalue weighted by atomic mass is 16.4. The van der Waals surface area contributed by atoms with Crippen molar-refractivity contribution in [1.82, 2.24) is 4.98 Å². The molecule has 0 aliphatic heterocycles. The molecule has 80 valence electrons. The van der Waals surface area contributed by atoms with Crippen LogP contribution in [-0.2, 0) is 0 Å². The molecule has 0 saturated carbocycles. The van der Waals surface area contributed by atoms with Crippen molar-refractivity contribution in [2.24, 2.45) is 0 Å². The van der Waals surface area contributed by atoms with Crippen molar-refractivity contribution >= 4 is 11.7 Å². The van der Waals surface area contributed by atoms with Gasteiger partial charge in [-0.1, -0.05) is 18.2 Å². The monoisotopic (exact) mass is 213 g/mol. The molecule has 2 aromatic rings. The van der Waals surface area contributed by atoms with Gasteiger partial charge in [-0.05, 0) is 23.8 Å². The molecule has 0 aliphatic rings. The van der Waals surface area contributed by atoms with E-state index in [0.717, 1.165) is 5.56 Å². The fourth-order valence-corrected chi connectivity index (χ4v) is 1.46. The van der Waals surface area contributed by atoms with Crippen molar-refractivity contribution in [1.29, 1.82) is 0 Å². The number of pyridine rings is 1. The number of hydrogen-bond acceptors (Lipinski definition) is 4. The number of anilines is 1. The van der Waals surface area contributed by atoms with Gasteiger partial charge in [0.2, 0.25) is 0 Å². The molecule has 2 N–H and O–H groups in total. The highest BCUT2D eigenvalue weighted by Crippen LogP contribution is 2.22. The van der Waals surface area contributed by atoms with Crippen LogP contribution in [0.2, 0.25) is 0 Å². The molecule has 1 heterocycles. The van der Waals surface area contributed by atoms with Crippen molar-refractivity contribution in [3.63, 3.8) is 0 Å². The van der Waals surface area contributed by atoms with E-state index in [2.05, 4.69) is 4.98 Å². The van der Waals surface area contributed by atoms with Gasteiger partial charge in [-0.2, -0.15) is 0 Å². The lowest BCUT2D eigenvalue weighted by Gasteiger charge is -2.09. The summed E-state index contributed by atoms with van der Waals surface area (Å²) in [5, 5.41) is 10.9. The molecule has 0 bridgehead atoms. The summed E-state index contributed by atoms with van der Waals surface area (Å²) in [5.74, 6) is -1.28. The molecule has 0 spiro atoms. The first-order valence-corrected chi connectivity index (χ1v) is 4.71. The normalized spacial score (nSPS) is 10.0. The summed E-state index contributed by atoms with van der Waals surface area (Å²) in [6, 6.07) is 10.3. The first-order valence-electron chi connectivity index (χ1n) is 4.71. The average Bonchev–Trinajstić information content (AvgIpc) is 2.30. The number of benzene rings is 1. The third kappa shape index (κ3) is 1.86. The molecule has 16 heavy (non-hydrogen) atoms. The van der Waals surface area contributed by atoms with Crippen molar-refractivity contribution in [3.05, 3.63) is 48.3 Å². The maximum Gasteiger partial charge on any atom is 0.0935 e. The molecule has 4 nitrogen and oxygen atoms in total. The van der Waals surface area contributed by atoms with Crippen LogP contribution in [0.5, 0.6) is 0 Å². The van der Waals surface area contributed by atoms with Crippen molar-refractivity contribution in [2.45, 2.75) is 0 Å². The van der Waals surface area contributed by atoms with Gasteiger partial charge >= 0.3 is 0 Å². The lowest BCUT2D eigenvalue weighted by atomic mass is 10.0. The van der Waals surface area contributed by atoms with E-state index < -0.39 is 5.97 Å². The van der Waals surface area contributed by atoms with Gasteiger partial charge in [-0.15, -0.1) is 0 Å². The Morgan fingerprint density at radius 2 is 1.88 bits per heavy atom. The van der Waals surface area contributed by atoms with Crippen molar-refractivity contribution in [2.75, 3.05) is 5.73 Å². The maximum absolute atomic E-state index is 10.9. The molecular weight excluding hydrogens is 204 g/mol. The summed E-state index contributed by atoms with van der Waals surface area (Å²) in [4.78, 5) is 14.6. The van der Waals surface area contributed by atoms with Gasteiger partial charge < -0.3 is 15.6 Å². The maximum atomic E-state index is 10.9. The Balaban J connectivity index is 2.55. The van der Waals surface area contributed by atoms with Crippen molar-refractivity contribution < 1.29 is 9.90 Å². The Bertz CT molecular complexity index is 521. The Hall–Kier alpha value is -2.36. The zero-order chi connectivity index (χ0) is 11.5. The summed E-state index contributed by atoms with van der Waals surface area (Å²) in [6.45, 7) is 0. The molecular formula is C12H9N2O2-. The van der Waals surface area contributed by atoms with Gasteiger partial charge in [0.15, 0.2) is 0 Å². The van der Waals surface area contributed by atoms with Crippen LogP contribution in [0.1, 0.15) is 10.5 Å². The molecule has 0 unspecified atom stereocenters. The number of carbonyl (C=O) groups excluding carboxylic acids is 1. The van der Waals surface area contributed by atoms with Crippen LogP contribution in [0.15, 0.2) is 42.6 Å². The molecule has 0 fully saturated rings. The van der Waals surface area contributed by atoms with Gasteiger partial charge in [0.1, 0.15) is 0 Å². The largest absolute Gasteiger partial charge is 0.543 e. The minimum atomic E-state index is -1.28. The molecule has 1 aromatic carbocycles. The van der Waals surface area contributed by atoms with Crippen LogP contribution >= 0.6 is 0 Å². The summed E-state index contributed by atoms with van der Waals surface area (Å²) in [7, 11) is 0. The predicted molar refractivity (Wildman–Crippen MR) is 58.4 cm³/mol. The Morgan fingerprint density at radius 1 is 1.19 bits per heavy atom. The molecule has 4 heteroatoms. The van der Waals surface area contributed by atoms with E-state index in [1.807, 2.05) is 0 Å². The lowest BCUT2D eigenvalue weighted by Crippen LogP contribution is -2.24. The molecule has 0 atom stereocenters. The highest BCUT2D eigenvalue weighted by Gasteiger charge is 2.06. The van der Waals surface area contributed by atoms with Crippen LogP contribution in [-0.4, -0.2) is 11.0 Å². The number of hydrogen-bond donors (Lipinski definition) is 1. The zero-order valence-electron chi connectivity index (χ0n) is 8.38. The quantitative estimate of drug-likeness (QED) is 0.744. The van der Waals surface area contributed by atoms with Gasteiger partial charge in [0, 0.05) is 17.4 Å². The lowest BCUT2D eigenvalue weighted by molar-refractivity contribution is -0.255. The number of nitrogen functional groups attached to an aromatic ring is 1. The minimum Gasteiger partial charge on any atom is -0.543 e. The number of nitrogens with two attached hydrogens (primary N) is 1. The smallest absolute Gasteiger partial charge is 0.0935 e. The fourth-order valence-electron chi connectivity index (χ4n) is 1.46. The first kappa shape index (κ1) is 10.2. The van der Waals surface area contributed by atoms with E-state index in [9.17, 15) is 9.90 Å². The van der Waals surface area contributed by atoms with Crippen LogP contribution in [0.25, 0.3) is 11.1 Å². The molecule has 0 amide bonds. The van der Waals surface area contributed by atoms with Gasteiger partial charge in [-0.3, -0.25) is 4.98 Å². The molecule has 0 saturated heterocycles. The number of rotatable bonds is 2. The molecule has 2 rings (SSSR count). The minimum absolute atomic E-state index is 0.0627. The third-order valence-electron chi connectivity index (χ3n) is 2.22. The highest BCUT2D eigenvalue weighted by molar-refractivity contribution is 5.92. The van der Waals surface area contributed by atoms with Crippen molar-refractivity contribution in [3.8, 4) is 11.1 Å². The van der Waals surface area contributed by atoms with E-state index in [1.165, 1.54) is 6.20 Å².